The maximum Gasteiger partial charge on any atom is 0.194 e. The van der Waals surface area contributed by atoms with Crippen LogP contribution in [-0.2, 0) is 9.47 Å². The van der Waals surface area contributed by atoms with E-state index in [1.807, 2.05) is 0 Å². The van der Waals surface area contributed by atoms with Crippen LogP contribution in [0.1, 0.15) is 84.6 Å². The molecule has 4 heteroatoms. The second kappa shape index (κ2) is 9.44. The maximum absolute atomic E-state index is 10.4. The molecule has 5 fully saturated rings. The molecule has 1 aromatic rings. The maximum atomic E-state index is 10.4. The summed E-state index contributed by atoms with van der Waals surface area (Å²) in [6, 6.07) is 8.90. The van der Waals surface area contributed by atoms with Crippen LogP contribution in [0.15, 0.2) is 41.5 Å². The van der Waals surface area contributed by atoms with Crippen LogP contribution in [0.2, 0.25) is 0 Å². The predicted octanol–water partition coefficient (Wildman–Crippen LogP) is 7.47. The Balaban J connectivity index is 1.18. The van der Waals surface area contributed by atoms with E-state index in [0.717, 1.165) is 50.0 Å². The molecule has 40 heavy (non-hydrogen) atoms. The van der Waals surface area contributed by atoms with Crippen molar-refractivity contribution in [2.45, 2.75) is 97.1 Å². The number of aliphatic hydroxyl groups excluding tert-OH is 1. The number of allylic oxidation sites excluding steroid dienone is 1. The van der Waals surface area contributed by atoms with Gasteiger partial charge in [0.1, 0.15) is 0 Å². The molecular formula is C36H51NO3. The lowest BCUT2D eigenvalue weighted by Crippen LogP contribution is -2.53. The molecule has 1 aromatic carbocycles. The van der Waals surface area contributed by atoms with Crippen LogP contribution in [-0.4, -0.2) is 43.8 Å². The third kappa shape index (κ3) is 3.88. The van der Waals surface area contributed by atoms with E-state index >= 15 is 0 Å². The summed E-state index contributed by atoms with van der Waals surface area (Å²) in [5.41, 5.74) is 5.97. The van der Waals surface area contributed by atoms with Crippen molar-refractivity contribution in [2.24, 2.45) is 46.3 Å². The monoisotopic (exact) mass is 545 g/mol. The highest BCUT2D eigenvalue weighted by Crippen LogP contribution is 2.71. The zero-order valence-electron chi connectivity index (χ0n) is 25.7. The molecule has 0 bridgehead atoms. The highest BCUT2D eigenvalue weighted by Gasteiger charge is 2.69. The lowest BCUT2D eigenvalue weighted by Gasteiger charge is -2.58. The summed E-state index contributed by atoms with van der Waals surface area (Å²) in [6.07, 6.45) is 14.2. The second-order valence-corrected chi connectivity index (χ2v) is 15.4. The number of anilines is 1. The molecule has 1 N–H and O–H groups in total. The predicted molar refractivity (Wildman–Crippen MR) is 162 cm³/mol. The molecule has 4 nitrogen and oxygen atoms in total. The fourth-order valence-corrected chi connectivity index (χ4v) is 11.0. The van der Waals surface area contributed by atoms with Crippen molar-refractivity contribution in [3.05, 3.63) is 47.1 Å². The number of hydrogen-bond acceptors (Lipinski definition) is 4. The standard InChI is InChI=1S/C36H51NO3/c1-22-17-26(18-24-7-10-27(11-8-24)37(5)6)36(39-21-22)23(2)33-32(40-36)20-31-29-12-9-25-19-28(38)13-15-34(25,3)30(29)14-16-35(31,33)4/h7-11,18,22-23,28-33,38H,12-17,19-21H2,1-6H3/t22-,23+,28+,29-,30+,31+,32+,33+,34+,35+,36+/m1/s1. The van der Waals surface area contributed by atoms with Gasteiger partial charge in [0.2, 0.25) is 0 Å². The van der Waals surface area contributed by atoms with E-state index in [-0.39, 0.29) is 17.6 Å². The van der Waals surface area contributed by atoms with Gasteiger partial charge in [0.15, 0.2) is 5.79 Å². The van der Waals surface area contributed by atoms with Crippen LogP contribution < -0.4 is 4.90 Å². The average molecular weight is 546 g/mol. The molecule has 3 saturated carbocycles. The summed E-state index contributed by atoms with van der Waals surface area (Å²) in [5, 5.41) is 10.4. The zero-order valence-corrected chi connectivity index (χ0v) is 25.7. The van der Waals surface area contributed by atoms with Crippen molar-refractivity contribution in [3.63, 3.8) is 0 Å². The fraction of sp³-hybridized carbons (Fsp3) is 0.722. The number of rotatable bonds is 2. The van der Waals surface area contributed by atoms with E-state index < -0.39 is 5.79 Å². The lowest BCUT2D eigenvalue weighted by atomic mass is 9.47. The molecule has 0 unspecified atom stereocenters. The molecule has 0 aromatic heterocycles. The van der Waals surface area contributed by atoms with Crippen LogP contribution in [0.4, 0.5) is 5.69 Å². The van der Waals surface area contributed by atoms with E-state index in [9.17, 15) is 5.11 Å². The SMILES string of the molecule is C[C@H]1CO[C@@]2(O[C@H]3C[C@H]4[C@@H]5CC=C6C[C@@H](O)CC[C@]6(C)[C@H]5CC[C@]4(C)[C@H]3[C@@H]2C)C(=Cc2ccc(N(C)C)cc2)C1. The Hall–Kier alpha value is -1.62. The Kier molecular flexibility index (Phi) is 6.43. The Morgan fingerprint density at radius 3 is 2.52 bits per heavy atom. The Morgan fingerprint density at radius 2 is 1.77 bits per heavy atom. The van der Waals surface area contributed by atoms with Crippen molar-refractivity contribution >= 4 is 11.8 Å². The van der Waals surface area contributed by atoms with Crippen molar-refractivity contribution in [1.82, 2.24) is 0 Å². The van der Waals surface area contributed by atoms with Crippen molar-refractivity contribution < 1.29 is 14.6 Å². The van der Waals surface area contributed by atoms with Crippen LogP contribution in [0.5, 0.6) is 0 Å². The number of nitrogens with zero attached hydrogens (tertiary/aromatic N) is 1. The zero-order chi connectivity index (χ0) is 28.0. The van der Waals surface area contributed by atoms with Gasteiger partial charge in [-0.15, -0.1) is 0 Å². The summed E-state index contributed by atoms with van der Waals surface area (Å²) < 4.78 is 14.1. The lowest BCUT2D eigenvalue weighted by molar-refractivity contribution is -0.240. The van der Waals surface area contributed by atoms with Crippen molar-refractivity contribution in [3.8, 4) is 0 Å². The molecule has 0 amide bonds. The van der Waals surface area contributed by atoms with Gasteiger partial charge in [0.05, 0.1) is 18.8 Å². The first kappa shape index (κ1) is 27.2. The molecule has 218 valence electrons. The molecule has 1 spiro atoms. The van der Waals surface area contributed by atoms with Crippen molar-refractivity contribution in [2.75, 3.05) is 25.6 Å². The highest BCUT2D eigenvalue weighted by atomic mass is 16.7. The van der Waals surface area contributed by atoms with E-state index in [1.165, 1.54) is 42.5 Å². The first-order chi connectivity index (χ1) is 19.0. The number of fused-ring (bicyclic) bond motifs is 7. The van der Waals surface area contributed by atoms with Gasteiger partial charge in [0.25, 0.3) is 0 Å². The molecular weight excluding hydrogens is 494 g/mol. The van der Waals surface area contributed by atoms with E-state index in [1.54, 1.807) is 5.57 Å². The summed E-state index contributed by atoms with van der Waals surface area (Å²) in [5.74, 6) is 3.03. The largest absolute Gasteiger partial charge is 0.393 e. The Bertz CT molecular complexity index is 1200. The van der Waals surface area contributed by atoms with Crippen LogP contribution in [0.3, 0.4) is 0 Å². The molecule has 2 saturated heterocycles. The molecule has 6 aliphatic rings. The molecule has 0 radical (unpaired) electrons. The van der Waals surface area contributed by atoms with Crippen molar-refractivity contribution in [1.29, 1.82) is 0 Å². The highest BCUT2D eigenvalue weighted by molar-refractivity contribution is 5.59. The van der Waals surface area contributed by atoms with Gasteiger partial charge < -0.3 is 19.5 Å². The van der Waals surface area contributed by atoms with E-state index in [4.69, 9.17) is 9.47 Å². The minimum absolute atomic E-state index is 0.132. The number of aliphatic hydroxyl groups is 1. The van der Waals surface area contributed by atoms with E-state index in [2.05, 4.69) is 83.1 Å². The normalized spacial score (nSPS) is 48.8. The topological polar surface area (TPSA) is 41.9 Å². The molecule has 11 atom stereocenters. The number of hydrogen-bond donors (Lipinski definition) is 1. The Morgan fingerprint density at radius 1 is 1.00 bits per heavy atom. The molecule has 2 heterocycles. The Labute approximate surface area is 242 Å². The number of benzene rings is 1. The first-order valence-electron chi connectivity index (χ1n) is 16.2. The second-order valence-electron chi connectivity index (χ2n) is 15.4. The average Bonchev–Trinajstić information content (AvgIpc) is 3.37. The van der Waals surface area contributed by atoms with E-state index in [0.29, 0.717) is 23.2 Å². The molecule has 4 aliphatic carbocycles. The third-order valence-electron chi connectivity index (χ3n) is 13.0. The summed E-state index contributed by atoms with van der Waals surface area (Å²) in [4.78, 5) is 2.15. The van der Waals surface area contributed by atoms with Crippen LogP contribution in [0, 0.1) is 46.3 Å². The van der Waals surface area contributed by atoms with Gasteiger partial charge in [-0.05, 0) is 115 Å². The smallest absolute Gasteiger partial charge is 0.194 e. The van der Waals surface area contributed by atoms with Gasteiger partial charge >= 0.3 is 0 Å². The van der Waals surface area contributed by atoms with Gasteiger partial charge in [0, 0.05) is 25.7 Å². The summed E-state index contributed by atoms with van der Waals surface area (Å²) >= 11 is 0. The van der Waals surface area contributed by atoms with Crippen LogP contribution >= 0.6 is 0 Å². The van der Waals surface area contributed by atoms with Gasteiger partial charge in [-0.3, -0.25) is 0 Å². The fourth-order valence-electron chi connectivity index (χ4n) is 11.0. The van der Waals surface area contributed by atoms with Gasteiger partial charge in [-0.2, -0.15) is 0 Å². The number of ether oxygens (including phenoxy) is 2. The summed E-state index contributed by atoms with van der Waals surface area (Å²) in [7, 11) is 4.19. The van der Waals surface area contributed by atoms with Crippen LogP contribution in [0.25, 0.3) is 6.08 Å². The third-order valence-corrected chi connectivity index (χ3v) is 13.0. The first-order valence-corrected chi connectivity index (χ1v) is 16.2. The summed E-state index contributed by atoms with van der Waals surface area (Å²) in [6.45, 7) is 10.7. The van der Waals surface area contributed by atoms with Gasteiger partial charge in [-0.1, -0.05) is 57.6 Å². The molecule has 7 rings (SSSR count). The minimum Gasteiger partial charge on any atom is -0.393 e. The molecule has 2 aliphatic heterocycles. The van der Waals surface area contributed by atoms with Gasteiger partial charge in [-0.25, -0.2) is 0 Å². The minimum atomic E-state index is -0.585. The quantitative estimate of drug-likeness (QED) is 0.391.